The van der Waals surface area contributed by atoms with E-state index < -0.39 is 5.97 Å². The first kappa shape index (κ1) is 13.8. The summed E-state index contributed by atoms with van der Waals surface area (Å²) in [6.45, 7) is 2.03. The Morgan fingerprint density at radius 2 is 2.19 bits per heavy atom. The first-order valence-electron chi connectivity index (χ1n) is 7.33. The van der Waals surface area contributed by atoms with Crippen LogP contribution in [-0.2, 0) is 4.74 Å². The average Bonchev–Trinajstić information content (AvgIpc) is 2.94. The number of nitrogens with one attached hydrogen (secondary N) is 1. The Balaban J connectivity index is 1.93. The van der Waals surface area contributed by atoms with Gasteiger partial charge in [-0.25, -0.2) is 9.78 Å². The molecule has 112 valence electrons. The lowest BCUT2D eigenvalue weighted by Gasteiger charge is -2.23. The zero-order valence-corrected chi connectivity index (χ0v) is 12.0. The monoisotopic (exact) mass is 290 g/mol. The van der Waals surface area contributed by atoms with Crippen molar-refractivity contribution in [3.05, 3.63) is 12.0 Å². The van der Waals surface area contributed by atoms with Gasteiger partial charge in [-0.3, -0.25) is 0 Å². The van der Waals surface area contributed by atoms with Crippen molar-refractivity contribution in [3.8, 4) is 0 Å². The maximum atomic E-state index is 11.9. The van der Waals surface area contributed by atoms with E-state index in [4.69, 9.17) is 9.26 Å². The molecule has 1 saturated carbocycles. The van der Waals surface area contributed by atoms with Gasteiger partial charge in [-0.05, 0) is 19.8 Å². The minimum atomic E-state index is -0.516. The summed E-state index contributed by atoms with van der Waals surface area (Å²) in [5, 5.41) is 7.67. The van der Waals surface area contributed by atoms with Crippen LogP contribution >= 0.6 is 0 Å². The molecular weight excluding hydrogens is 272 g/mol. The summed E-state index contributed by atoms with van der Waals surface area (Å²) < 4.78 is 10.1. The van der Waals surface area contributed by atoms with Gasteiger partial charge in [0.05, 0.1) is 6.61 Å². The zero-order valence-electron chi connectivity index (χ0n) is 12.0. The number of aromatic nitrogens is 3. The molecule has 0 radical (unpaired) electrons. The highest BCUT2D eigenvalue weighted by molar-refractivity contribution is 6.04. The third kappa shape index (κ3) is 2.81. The van der Waals surface area contributed by atoms with Crippen molar-refractivity contribution in [2.24, 2.45) is 0 Å². The maximum absolute atomic E-state index is 11.9. The van der Waals surface area contributed by atoms with Crippen LogP contribution in [0, 0.1) is 0 Å². The van der Waals surface area contributed by atoms with Gasteiger partial charge in [-0.2, -0.15) is 4.98 Å². The lowest BCUT2D eigenvalue weighted by Crippen LogP contribution is -2.23. The molecule has 21 heavy (non-hydrogen) atoms. The Bertz CT molecular complexity index is 634. The number of fused-ring (bicyclic) bond motifs is 1. The minimum absolute atomic E-state index is 0.130. The predicted molar refractivity (Wildman–Crippen MR) is 76.1 cm³/mol. The average molecular weight is 290 g/mol. The first-order valence-corrected chi connectivity index (χ1v) is 7.33. The van der Waals surface area contributed by atoms with Crippen molar-refractivity contribution in [1.82, 2.24) is 15.1 Å². The van der Waals surface area contributed by atoms with Crippen molar-refractivity contribution in [3.63, 3.8) is 0 Å². The highest BCUT2D eigenvalue weighted by Gasteiger charge is 2.23. The van der Waals surface area contributed by atoms with Crippen LogP contribution in [0.5, 0.6) is 0 Å². The van der Waals surface area contributed by atoms with E-state index in [2.05, 4.69) is 20.4 Å². The van der Waals surface area contributed by atoms with Crippen molar-refractivity contribution in [1.29, 1.82) is 0 Å². The molecular formula is C14H18N4O3. The maximum Gasteiger partial charge on any atom is 0.361 e. The minimum Gasteiger partial charge on any atom is -0.461 e. The molecule has 2 aromatic heterocycles. The van der Waals surface area contributed by atoms with Crippen LogP contribution in [0.4, 0.5) is 5.82 Å². The van der Waals surface area contributed by atoms with Crippen molar-refractivity contribution < 1.29 is 14.1 Å². The molecule has 0 atom stereocenters. The van der Waals surface area contributed by atoms with Crippen LogP contribution < -0.4 is 5.32 Å². The van der Waals surface area contributed by atoms with Gasteiger partial charge in [0.25, 0.3) is 5.71 Å². The molecule has 2 aromatic rings. The molecule has 2 heterocycles. The second-order valence-electron chi connectivity index (χ2n) is 5.13. The zero-order chi connectivity index (χ0) is 14.7. The molecule has 0 aromatic carbocycles. The van der Waals surface area contributed by atoms with Crippen molar-refractivity contribution in [2.75, 3.05) is 11.9 Å². The number of rotatable bonds is 4. The fourth-order valence-electron chi connectivity index (χ4n) is 2.68. The van der Waals surface area contributed by atoms with Crippen LogP contribution in [0.2, 0.25) is 0 Å². The lowest BCUT2D eigenvalue weighted by molar-refractivity contribution is 0.0517. The Labute approximate surface area is 122 Å². The van der Waals surface area contributed by atoms with Gasteiger partial charge in [0.2, 0.25) is 5.69 Å². The van der Waals surface area contributed by atoms with Crippen molar-refractivity contribution >= 4 is 22.9 Å². The second kappa shape index (κ2) is 6.07. The van der Waals surface area contributed by atoms with Crippen LogP contribution in [-0.4, -0.2) is 33.7 Å². The summed E-state index contributed by atoms with van der Waals surface area (Å²) in [4.78, 5) is 20.2. The normalized spacial score (nSPS) is 16.0. The number of hydrogen-bond donors (Lipinski definition) is 1. The highest BCUT2D eigenvalue weighted by Crippen LogP contribution is 2.27. The SMILES string of the molecule is CCOC(=O)c1noc2ncnc(NC3CCCCC3)c12. The highest BCUT2D eigenvalue weighted by atomic mass is 16.5. The van der Waals surface area contributed by atoms with E-state index in [1.165, 1.54) is 25.6 Å². The summed E-state index contributed by atoms with van der Waals surface area (Å²) in [5.74, 6) is 0.0777. The van der Waals surface area contributed by atoms with Crippen LogP contribution in [0.1, 0.15) is 49.5 Å². The van der Waals surface area contributed by atoms with Gasteiger partial charge in [0, 0.05) is 6.04 Å². The fourth-order valence-corrected chi connectivity index (χ4v) is 2.68. The molecule has 1 aliphatic rings. The number of ether oxygens (including phenoxy) is 1. The molecule has 0 bridgehead atoms. The van der Waals surface area contributed by atoms with E-state index in [0.29, 0.717) is 23.0 Å². The van der Waals surface area contributed by atoms with Gasteiger partial charge in [-0.15, -0.1) is 0 Å². The molecule has 0 spiro atoms. The summed E-state index contributed by atoms with van der Waals surface area (Å²) >= 11 is 0. The number of hydrogen-bond acceptors (Lipinski definition) is 7. The largest absolute Gasteiger partial charge is 0.461 e. The number of esters is 1. The molecule has 7 nitrogen and oxygen atoms in total. The van der Waals surface area contributed by atoms with Gasteiger partial charge in [-0.1, -0.05) is 24.4 Å². The summed E-state index contributed by atoms with van der Waals surface area (Å²) in [7, 11) is 0. The first-order chi connectivity index (χ1) is 10.3. The lowest BCUT2D eigenvalue weighted by atomic mass is 9.95. The Kier molecular flexibility index (Phi) is 3.98. The van der Waals surface area contributed by atoms with Crippen LogP contribution in [0.15, 0.2) is 10.9 Å². The molecule has 0 unspecified atom stereocenters. The third-order valence-electron chi connectivity index (χ3n) is 3.69. The number of nitrogens with zero attached hydrogens (tertiary/aromatic N) is 3. The number of carbonyl (C=O) groups excluding carboxylic acids is 1. The molecule has 7 heteroatoms. The third-order valence-corrected chi connectivity index (χ3v) is 3.69. The van der Waals surface area contributed by atoms with E-state index in [9.17, 15) is 4.79 Å². The Morgan fingerprint density at radius 1 is 1.38 bits per heavy atom. The molecule has 1 N–H and O–H groups in total. The van der Waals surface area contributed by atoms with E-state index in [0.717, 1.165) is 12.8 Å². The van der Waals surface area contributed by atoms with Crippen molar-refractivity contribution in [2.45, 2.75) is 45.1 Å². The summed E-state index contributed by atoms with van der Waals surface area (Å²) in [5.41, 5.74) is 0.428. The van der Waals surface area contributed by atoms with E-state index in [1.54, 1.807) is 6.92 Å². The van der Waals surface area contributed by atoms with E-state index >= 15 is 0 Å². The summed E-state index contributed by atoms with van der Waals surface area (Å²) in [6, 6.07) is 0.363. The quantitative estimate of drug-likeness (QED) is 0.865. The summed E-state index contributed by atoms with van der Waals surface area (Å²) in [6.07, 6.45) is 7.31. The molecule has 1 fully saturated rings. The molecule has 0 aliphatic heterocycles. The van der Waals surface area contributed by atoms with Crippen LogP contribution in [0.25, 0.3) is 11.1 Å². The Hall–Kier alpha value is -2.18. The van der Waals surface area contributed by atoms with E-state index in [1.807, 2.05) is 0 Å². The predicted octanol–water partition coefficient (Wildman–Crippen LogP) is 2.54. The second-order valence-corrected chi connectivity index (χ2v) is 5.13. The molecule has 0 amide bonds. The van der Waals surface area contributed by atoms with Gasteiger partial charge >= 0.3 is 5.97 Å². The molecule has 0 saturated heterocycles. The molecule has 1 aliphatic carbocycles. The van der Waals surface area contributed by atoms with Gasteiger partial charge in [0.15, 0.2) is 0 Å². The fraction of sp³-hybridized carbons (Fsp3) is 0.571. The Morgan fingerprint density at radius 3 is 2.95 bits per heavy atom. The number of anilines is 1. The van der Waals surface area contributed by atoms with E-state index in [-0.39, 0.29) is 12.3 Å². The van der Waals surface area contributed by atoms with Gasteiger partial charge in [0.1, 0.15) is 17.5 Å². The van der Waals surface area contributed by atoms with Crippen LogP contribution in [0.3, 0.4) is 0 Å². The smallest absolute Gasteiger partial charge is 0.361 e. The standard InChI is InChI=1S/C14H18N4O3/c1-2-20-14(19)11-10-12(15-8-16-13(10)21-18-11)17-9-6-4-3-5-7-9/h8-9H,2-7H2,1H3,(H,15,16,17). The number of carbonyl (C=O) groups is 1. The van der Waals surface area contributed by atoms with Gasteiger partial charge < -0.3 is 14.6 Å². The molecule has 3 rings (SSSR count). The topological polar surface area (TPSA) is 90.1 Å².